The minimum Gasteiger partial charge on any atom is -0.497 e. The Balaban J connectivity index is 1.62. The molecular formula is C25H24N6O4. The summed E-state index contributed by atoms with van der Waals surface area (Å²) in [5.74, 6) is 2.37. The predicted octanol–water partition coefficient (Wildman–Crippen LogP) is 3.53. The van der Waals surface area contributed by atoms with Gasteiger partial charge in [0.2, 0.25) is 5.91 Å². The number of hydrogen-bond donors (Lipinski definition) is 1. The van der Waals surface area contributed by atoms with Crippen molar-refractivity contribution in [2.75, 3.05) is 26.6 Å². The summed E-state index contributed by atoms with van der Waals surface area (Å²) in [6, 6.07) is 13.1. The van der Waals surface area contributed by atoms with E-state index in [0.29, 0.717) is 28.8 Å². The van der Waals surface area contributed by atoms with Crippen molar-refractivity contribution in [2.45, 2.75) is 19.3 Å². The number of rotatable bonds is 6. The van der Waals surface area contributed by atoms with Crippen LogP contribution >= 0.6 is 0 Å². The first-order valence-corrected chi connectivity index (χ1v) is 11.0. The van der Waals surface area contributed by atoms with Crippen LogP contribution in [0, 0.1) is 6.92 Å². The number of nitrogens with zero attached hydrogens (tertiary/aromatic N) is 5. The van der Waals surface area contributed by atoms with Crippen LogP contribution in [-0.4, -0.2) is 52.2 Å². The number of amides is 1. The second-order valence-corrected chi connectivity index (χ2v) is 8.05. The topological polar surface area (TPSA) is 113 Å². The molecule has 1 amide bonds. The molecule has 178 valence electrons. The van der Waals surface area contributed by atoms with Crippen LogP contribution in [0.3, 0.4) is 0 Å². The Hall–Kier alpha value is -4.47. The number of carbonyl (C=O) groups is 1. The lowest BCUT2D eigenvalue weighted by Gasteiger charge is -2.25. The quantitative estimate of drug-likeness (QED) is 0.453. The molecule has 1 aliphatic heterocycles. The van der Waals surface area contributed by atoms with Crippen molar-refractivity contribution in [2.24, 2.45) is 0 Å². The third-order valence-electron chi connectivity index (χ3n) is 6.02. The summed E-state index contributed by atoms with van der Waals surface area (Å²) in [6.07, 6.45) is 1.82. The summed E-state index contributed by atoms with van der Waals surface area (Å²) in [5.41, 5.74) is 3.87. The van der Waals surface area contributed by atoms with Crippen molar-refractivity contribution in [3.8, 4) is 34.5 Å². The zero-order valence-corrected chi connectivity index (χ0v) is 19.8. The summed E-state index contributed by atoms with van der Waals surface area (Å²) < 4.78 is 17.9. The molecule has 35 heavy (non-hydrogen) atoms. The van der Waals surface area contributed by atoms with Gasteiger partial charge in [-0.2, -0.15) is 14.9 Å². The summed E-state index contributed by atoms with van der Waals surface area (Å²) in [4.78, 5) is 17.5. The average molecular weight is 473 g/mol. The molecule has 2 aromatic heterocycles. The Morgan fingerprint density at radius 2 is 1.83 bits per heavy atom. The van der Waals surface area contributed by atoms with Crippen LogP contribution in [0.15, 0.2) is 48.7 Å². The van der Waals surface area contributed by atoms with E-state index < -0.39 is 0 Å². The zero-order chi connectivity index (χ0) is 24.5. The molecule has 0 aliphatic carbocycles. The van der Waals surface area contributed by atoms with Crippen molar-refractivity contribution < 1.29 is 19.0 Å². The fourth-order valence-corrected chi connectivity index (χ4v) is 4.37. The molecular weight excluding hydrogens is 448 g/mol. The van der Waals surface area contributed by atoms with Gasteiger partial charge in [0.05, 0.1) is 38.9 Å². The Morgan fingerprint density at radius 1 is 1.03 bits per heavy atom. The Labute approximate surface area is 201 Å². The number of nitrogens with one attached hydrogen (secondary N) is 1. The Kier molecular flexibility index (Phi) is 5.77. The van der Waals surface area contributed by atoms with E-state index in [1.54, 1.807) is 27.5 Å². The van der Waals surface area contributed by atoms with E-state index in [1.807, 2.05) is 49.4 Å². The van der Waals surface area contributed by atoms with Crippen LogP contribution in [0.5, 0.6) is 17.2 Å². The smallest absolute Gasteiger partial charge is 0.272 e. The second-order valence-electron chi connectivity index (χ2n) is 8.05. The van der Waals surface area contributed by atoms with Gasteiger partial charge >= 0.3 is 0 Å². The van der Waals surface area contributed by atoms with Gasteiger partial charge in [-0.05, 0) is 37.3 Å². The fraction of sp³-hybridized carbons (Fsp3) is 0.240. The van der Waals surface area contributed by atoms with Crippen molar-refractivity contribution in [3.63, 3.8) is 0 Å². The van der Waals surface area contributed by atoms with Gasteiger partial charge in [-0.3, -0.25) is 4.79 Å². The number of hydrogen-bond acceptors (Lipinski definition) is 8. The molecule has 2 aromatic carbocycles. The number of methoxy groups -OCH3 is 3. The molecule has 1 N–H and O–H groups in total. The first-order chi connectivity index (χ1) is 17.0. The minimum atomic E-state index is -0.285. The van der Waals surface area contributed by atoms with Gasteiger partial charge in [-0.25, -0.2) is 4.98 Å². The van der Waals surface area contributed by atoms with Crippen molar-refractivity contribution in [1.29, 1.82) is 0 Å². The van der Waals surface area contributed by atoms with Crippen LogP contribution < -0.4 is 19.5 Å². The first-order valence-electron chi connectivity index (χ1n) is 11.0. The minimum absolute atomic E-state index is 0.148. The maximum Gasteiger partial charge on any atom is 0.272 e. The maximum absolute atomic E-state index is 12.8. The van der Waals surface area contributed by atoms with Crippen molar-refractivity contribution in [3.05, 3.63) is 65.5 Å². The molecule has 10 nitrogen and oxygen atoms in total. The second kappa shape index (κ2) is 9.05. The highest BCUT2D eigenvalue weighted by atomic mass is 16.5. The third kappa shape index (κ3) is 4.03. The number of ether oxygens (including phenoxy) is 3. The molecule has 1 aliphatic rings. The van der Waals surface area contributed by atoms with Crippen LogP contribution in [0.1, 0.15) is 29.2 Å². The average Bonchev–Trinajstić information content (AvgIpc) is 3.23. The number of aromatic nitrogens is 5. The molecule has 0 saturated heterocycles. The van der Waals surface area contributed by atoms with Crippen LogP contribution in [0.25, 0.3) is 17.2 Å². The number of benzene rings is 2. The Morgan fingerprint density at radius 3 is 2.60 bits per heavy atom. The van der Waals surface area contributed by atoms with E-state index >= 15 is 0 Å². The number of anilines is 1. The first kappa shape index (κ1) is 22.3. The van der Waals surface area contributed by atoms with E-state index in [0.717, 1.165) is 22.4 Å². The highest BCUT2D eigenvalue weighted by molar-refractivity contribution is 5.95. The number of fused-ring (bicyclic) bond motifs is 1. The molecule has 0 saturated carbocycles. The predicted molar refractivity (Wildman–Crippen MR) is 128 cm³/mol. The lowest BCUT2D eigenvalue weighted by molar-refractivity contribution is -0.116. The van der Waals surface area contributed by atoms with Crippen LogP contribution in [0.2, 0.25) is 0 Å². The Bertz CT molecular complexity index is 1420. The summed E-state index contributed by atoms with van der Waals surface area (Å²) in [5, 5.41) is 16.0. The molecule has 0 fully saturated rings. The molecule has 1 atom stereocenters. The monoisotopic (exact) mass is 472 g/mol. The van der Waals surface area contributed by atoms with Gasteiger partial charge in [-0.1, -0.05) is 12.1 Å². The van der Waals surface area contributed by atoms with Crippen molar-refractivity contribution >= 4 is 11.7 Å². The van der Waals surface area contributed by atoms with Gasteiger partial charge in [0.1, 0.15) is 23.1 Å². The molecule has 5 rings (SSSR count). The summed E-state index contributed by atoms with van der Waals surface area (Å²) in [6.45, 7) is 1.89. The number of aryl methyl sites for hydroxylation is 1. The van der Waals surface area contributed by atoms with Crippen molar-refractivity contribution in [1.82, 2.24) is 25.0 Å². The molecule has 10 heteroatoms. The molecule has 0 unspecified atom stereocenters. The zero-order valence-electron chi connectivity index (χ0n) is 19.8. The lowest BCUT2D eigenvalue weighted by Crippen LogP contribution is -2.25. The van der Waals surface area contributed by atoms with Gasteiger partial charge < -0.3 is 19.5 Å². The van der Waals surface area contributed by atoms with Gasteiger partial charge in [0.15, 0.2) is 0 Å². The molecule has 0 bridgehead atoms. The van der Waals surface area contributed by atoms with Gasteiger partial charge in [-0.15, -0.1) is 5.10 Å². The molecule has 3 heterocycles. The maximum atomic E-state index is 12.8. The van der Waals surface area contributed by atoms with Gasteiger partial charge in [0.25, 0.3) is 5.95 Å². The van der Waals surface area contributed by atoms with Crippen LogP contribution in [-0.2, 0) is 4.79 Å². The lowest BCUT2D eigenvalue weighted by atomic mass is 9.85. The SMILES string of the molecule is COc1cccc(-c2cnnc(-n3nc(C)c4c3NC(=O)C[C@@H]4c3cc(OC)ccc3OC)n2)c1. The van der Waals surface area contributed by atoms with E-state index in [2.05, 4.69) is 25.6 Å². The summed E-state index contributed by atoms with van der Waals surface area (Å²) >= 11 is 0. The third-order valence-corrected chi connectivity index (χ3v) is 6.02. The normalized spacial score (nSPS) is 14.7. The number of carbonyl (C=O) groups excluding carboxylic acids is 1. The van der Waals surface area contributed by atoms with E-state index in [1.165, 1.54) is 4.68 Å². The summed E-state index contributed by atoms with van der Waals surface area (Å²) in [7, 11) is 4.82. The highest BCUT2D eigenvalue weighted by Crippen LogP contribution is 2.44. The largest absolute Gasteiger partial charge is 0.497 e. The fourth-order valence-electron chi connectivity index (χ4n) is 4.37. The molecule has 0 spiro atoms. The molecule has 4 aromatic rings. The highest BCUT2D eigenvalue weighted by Gasteiger charge is 2.35. The van der Waals surface area contributed by atoms with E-state index in [-0.39, 0.29) is 24.2 Å². The van der Waals surface area contributed by atoms with Crippen LogP contribution in [0.4, 0.5) is 5.82 Å². The van der Waals surface area contributed by atoms with E-state index in [4.69, 9.17) is 14.2 Å². The standard InChI is InChI=1S/C25H24N6O4/c1-14-23-19(18-11-17(34-3)8-9-21(18)35-4)12-22(32)28-24(23)31(30-14)25-27-20(13-26-29-25)15-6-5-7-16(10-15)33-2/h5-11,13,19H,12H2,1-4H3,(H,28,32)/t19-/m1/s1. The van der Waals surface area contributed by atoms with E-state index in [9.17, 15) is 4.79 Å². The van der Waals surface area contributed by atoms with Gasteiger partial charge in [0, 0.05) is 29.0 Å². The molecule has 0 radical (unpaired) electrons.